The lowest BCUT2D eigenvalue weighted by Gasteiger charge is -1.99. The van der Waals surface area contributed by atoms with Crippen molar-refractivity contribution in [2.24, 2.45) is 0 Å². The van der Waals surface area contributed by atoms with Gasteiger partial charge in [0.2, 0.25) is 5.43 Å². The van der Waals surface area contributed by atoms with E-state index in [0.717, 1.165) is 0 Å². The minimum absolute atomic E-state index is 0. The summed E-state index contributed by atoms with van der Waals surface area (Å²) >= 11 is 0. The van der Waals surface area contributed by atoms with Crippen molar-refractivity contribution in [1.82, 2.24) is 0 Å². The molecule has 0 radical (unpaired) electrons. The summed E-state index contributed by atoms with van der Waals surface area (Å²) in [4.78, 5) is 12.0. The second-order valence-electron chi connectivity index (χ2n) is 3.42. The van der Waals surface area contributed by atoms with Gasteiger partial charge >= 0.3 is 0 Å². The number of fused-ring (bicyclic) bond motifs is 2. The molecule has 0 saturated heterocycles. The lowest BCUT2D eigenvalue weighted by atomic mass is 10.1. The maximum atomic E-state index is 12.0. The van der Waals surface area contributed by atoms with Crippen molar-refractivity contribution >= 4 is 35.4 Å². The molecule has 1 aromatic heterocycles. The number of hydrogen-bond acceptors (Lipinski definition) is 2. The van der Waals surface area contributed by atoms with Crippen molar-refractivity contribution < 1.29 is 4.42 Å². The first-order valence-corrected chi connectivity index (χ1v) is 4.77. The van der Waals surface area contributed by atoms with Crippen molar-refractivity contribution in [3.05, 3.63) is 58.8 Å². The first-order valence-electron chi connectivity index (χ1n) is 4.77. The van der Waals surface area contributed by atoms with Gasteiger partial charge in [0.25, 0.3) is 0 Å². The molecule has 0 saturated carbocycles. The van der Waals surface area contributed by atoms with Gasteiger partial charge < -0.3 is 4.42 Å². The van der Waals surface area contributed by atoms with Gasteiger partial charge in [-0.2, -0.15) is 13.5 Å². The van der Waals surface area contributed by atoms with E-state index in [9.17, 15) is 4.79 Å². The predicted molar refractivity (Wildman–Crippen MR) is 70.4 cm³/mol. The minimum atomic E-state index is 0. The van der Waals surface area contributed by atoms with Gasteiger partial charge in [-0.3, -0.25) is 4.79 Å². The largest absolute Gasteiger partial charge is 0.456 e. The normalized spacial score (nSPS) is 10.2. The van der Waals surface area contributed by atoms with Gasteiger partial charge in [-0.15, -0.1) is 0 Å². The summed E-state index contributed by atoms with van der Waals surface area (Å²) in [5.74, 6) is 0. The molecule has 0 bridgehead atoms. The van der Waals surface area contributed by atoms with Crippen LogP contribution in [-0.4, -0.2) is 0 Å². The van der Waals surface area contributed by atoms with Crippen molar-refractivity contribution in [1.29, 1.82) is 0 Å². The van der Waals surface area contributed by atoms with E-state index in [2.05, 4.69) is 0 Å². The minimum Gasteiger partial charge on any atom is -0.456 e. The van der Waals surface area contributed by atoms with Crippen molar-refractivity contribution in [3.63, 3.8) is 0 Å². The molecule has 0 N–H and O–H groups in total. The Bertz CT molecular complexity index is 644. The molecule has 16 heavy (non-hydrogen) atoms. The Labute approximate surface area is 99.0 Å². The summed E-state index contributed by atoms with van der Waals surface area (Å²) < 4.78 is 5.63. The molecule has 1 heterocycles. The van der Waals surface area contributed by atoms with E-state index in [-0.39, 0.29) is 18.9 Å². The highest BCUT2D eigenvalue weighted by atomic mass is 32.1. The number of para-hydroxylation sites is 2. The Hall–Kier alpha value is -1.74. The van der Waals surface area contributed by atoms with Crippen LogP contribution in [0, 0.1) is 0 Å². The lowest BCUT2D eigenvalue weighted by molar-refractivity contribution is 0.660. The third-order valence-electron chi connectivity index (χ3n) is 2.48. The Kier molecular flexibility index (Phi) is 2.71. The molecule has 0 aliphatic rings. The van der Waals surface area contributed by atoms with Gasteiger partial charge in [0.05, 0.1) is 10.8 Å². The Balaban J connectivity index is 0.000000963. The van der Waals surface area contributed by atoms with Crippen LogP contribution in [0.3, 0.4) is 0 Å². The topological polar surface area (TPSA) is 30.2 Å². The van der Waals surface area contributed by atoms with E-state index in [0.29, 0.717) is 21.9 Å². The van der Waals surface area contributed by atoms with Crippen LogP contribution >= 0.6 is 13.5 Å². The third kappa shape index (κ3) is 1.49. The highest BCUT2D eigenvalue weighted by Gasteiger charge is 2.04. The second-order valence-corrected chi connectivity index (χ2v) is 3.42. The fraction of sp³-hybridized carbons (Fsp3) is 0. The fourth-order valence-corrected chi connectivity index (χ4v) is 1.75. The molecule has 0 amide bonds. The van der Waals surface area contributed by atoms with Gasteiger partial charge in [0, 0.05) is 0 Å². The van der Waals surface area contributed by atoms with Crippen LogP contribution in [0.25, 0.3) is 21.9 Å². The quantitative estimate of drug-likeness (QED) is 0.556. The van der Waals surface area contributed by atoms with Crippen LogP contribution in [0.4, 0.5) is 0 Å². The van der Waals surface area contributed by atoms with E-state index >= 15 is 0 Å². The van der Waals surface area contributed by atoms with Gasteiger partial charge in [-0.25, -0.2) is 0 Å². The SMILES string of the molecule is O=c1c2ccccc2oc2ccccc12.S. The Morgan fingerprint density at radius 2 is 1.19 bits per heavy atom. The summed E-state index contributed by atoms with van der Waals surface area (Å²) in [6.45, 7) is 0. The number of rotatable bonds is 0. The van der Waals surface area contributed by atoms with Crippen molar-refractivity contribution in [2.75, 3.05) is 0 Å². The van der Waals surface area contributed by atoms with Crippen LogP contribution in [0.15, 0.2) is 57.7 Å². The molecule has 3 aromatic rings. The third-order valence-corrected chi connectivity index (χ3v) is 2.48. The van der Waals surface area contributed by atoms with Crippen LogP contribution in [0.1, 0.15) is 0 Å². The Morgan fingerprint density at radius 1 is 0.750 bits per heavy atom. The van der Waals surface area contributed by atoms with Crippen LogP contribution < -0.4 is 5.43 Å². The van der Waals surface area contributed by atoms with E-state index in [1.54, 1.807) is 12.1 Å². The average Bonchev–Trinajstić information content (AvgIpc) is 2.30. The Morgan fingerprint density at radius 3 is 1.69 bits per heavy atom. The van der Waals surface area contributed by atoms with E-state index < -0.39 is 0 Å². The summed E-state index contributed by atoms with van der Waals surface area (Å²) in [5, 5.41) is 1.27. The van der Waals surface area contributed by atoms with Crippen LogP contribution in [0.5, 0.6) is 0 Å². The molecule has 0 aliphatic carbocycles. The van der Waals surface area contributed by atoms with E-state index in [4.69, 9.17) is 4.42 Å². The second kappa shape index (κ2) is 4.02. The molecular weight excluding hydrogens is 220 g/mol. The molecule has 80 valence electrons. The smallest absolute Gasteiger partial charge is 0.200 e. The maximum absolute atomic E-state index is 12.0. The van der Waals surface area contributed by atoms with E-state index in [1.165, 1.54) is 0 Å². The molecule has 2 aromatic carbocycles. The summed E-state index contributed by atoms with van der Waals surface area (Å²) in [5.41, 5.74) is 1.31. The van der Waals surface area contributed by atoms with E-state index in [1.807, 2.05) is 36.4 Å². The average molecular weight is 230 g/mol. The molecular formula is C13H10O2S. The first-order chi connectivity index (χ1) is 7.36. The van der Waals surface area contributed by atoms with Gasteiger partial charge in [0.1, 0.15) is 11.2 Å². The monoisotopic (exact) mass is 230 g/mol. The van der Waals surface area contributed by atoms with Crippen LogP contribution in [-0.2, 0) is 0 Å². The molecule has 0 fully saturated rings. The lowest BCUT2D eigenvalue weighted by Crippen LogP contribution is -2.01. The predicted octanol–water partition coefficient (Wildman–Crippen LogP) is 3.06. The molecule has 0 spiro atoms. The van der Waals surface area contributed by atoms with Gasteiger partial charge in [0.15, 0.2) is 0 Å². The fourth-order valence-electron chi connectivity index (χ4n) is 1.75. The molecule has 0 aliphatic heterocycles. The molecule has 3 rings (SSSR count). The standard InChI is InChI=1S/C13H8O2.H2S/c14-13-9-5-1-3-7-11(9)15-12-8-4-2-6-10(12)13;/h1-8H;1H2. The maximum Gasteiger partial charge on any atom is 0.200 e. The summed E-state index contributed by atoms with van der Waals surface area (Å²) in [7, 11) is 0. The highest BCUT2D eigenvalue weighted by Crippen LogP contribution is 2.17. The first kappa shape index (κ1) is 10.8. The highest BCUT2D eigenvalue weighted by molar-refractivity contribution is 7.59. The molecule has 2 nitrogen and oxygen atoms in total. The van der Waals surface area contributed by atoms with Gasteiger partial charge in [-0.1, -0.05) is 24.3 Å². The molecule has 0 unspecified atom stereocenters. The molecule has 0 atom stereocenters. The number of benzene rings is 2. The number of hydrogen-bond donors (Lipinski definition) is 0. The van der Waals surface area contributed by atoms with Gasteiger partial charge in [-0.05, 0) is 24.3 Å². The van der Waals surface area contributed by atoms with Crippen molar-refractivity contribution in [3.8, 4) is 0 Å². The molecule has 3 heteroatoms. The van der Waals surface area contributed by atoms with Crippen molar-refractivity contribution in [2.45, 2.75) is 0 Å². The zero-order valence-corrected chi connectivity index (χ0v) is 9.44. The summed E-state index contributed by atoms with van der Waals surface area (Å²) in [6, 6.07) is 14.6. The zero-order valence-electron chi connectivity index (χ0n) is 8.44. The van der Waals surface area contributed by atoms with Crippen LogP contribution in [0.2, 0.25) is 0 Å². The summed E-state index contributed by atoms with van der Waals surface area (Å²) in [6.07, 6.45) is 0. The zero-order chi connectivity index (χ0) is 10.3.